The Bertz CT molecular complexity index is 551. The average molecular weight is 271 g/mol. The molecule has 0 amide bonds. The van der Waals surface area contributed by atoms with Crippen LogP contribution in [0.2, 0.25) is 0 Å². The van der Waals surface area contributed by atoms with Gasteiger partial charge in [-0.2, -0.15) is 0 Å². The van der Waals surface area contributed by atoms with Gasteiger partial charge >= 0.3 is 0 Å². The van der Waals surface area contributed by atoms with Crippen molar-refractivity contribution < 1.29 is 4.39 Å². The molecule has 0 fully saturated rings. The minimum Gasteiger partial charge on any atom is -0.307 e. The quantitative estimate of drug-likeness (QED) is 0.849. The summed E-state index contributed by atoms with van der Waals surface area (Å²) in [5, 5.41) is 3.52. The van der Waals surface area contributed by atoms with Gasteiger partial charge in [-0.15, -0.1) is 0 Å². The molecule has 0 aromatic heterocycles. The number of rotatable bonds is 5. The van der Waals surface area contributed by atoms with Crippen molar-refractivity contribution in [2.24, 2.45) is 0 Å². The molecule has 0 radical (unpaired) electrons. The summed E-state index contributed by atoms with van der Waals surface area (Å²) < 4.78 is 13.6. The van der Waals surface area contributed by atoms with Gasteiger partial charge < -0.3 is 5.32 Å². The average Bonchev–Trinajstić information content (AvgIpc) is 2.42. The summed E-state index contributed by atoms with van der Waals surface area (Å²) in [7, 11) is 0. The first-order valence-electron chi connectivity index (χ1n) is 7.12. The van der Waals surface area contributed by atoms with Crippen LogP contribution in [0.5, 0.6) is 0 Å². The zero-order valence-corrected chi connectivity index (χ0v) is 12.4. The van der Waals surface area contributed by atoms with E-state index in [-0.39, 0.29) is 11.9 Å². The molecule has 2 unspecified atom stereocenters. The summed E-state index contributed by atoms with van der Waals surface area (Å²) in [6.07, 6.45) is 0.972. The van der Waals surface area contributed by atoms with Crippen LogP contribution in [0.3, 0.4) is 0 Å². The van der Waals surface area contributed by atoms with E-state index in [1.165, 1.54) is 5.56 Å². The summed E-state index contributed by atoms with van der Waals surface area (Å²) >= 11 is 0. The topological polar surface area (TPSA) is 12.0 Å². The highest BCUT2D eigenvalue weighted by atomic mass is 19.1. The third-order valence-corrected chi connectivity index (χ3v) is 3.62. The first-order valence-corrected chi connectivity index (χ1v) is 7.12. The molecule has 0 aliphatic heterocycles. The predicted molar refractivity (Wildman–Crippen MR) is 82.3 cm³/mol. The Morgan fingerprint density at radius 2 is 1.75 bits per heavy atom. The highest BCUT2D eigenvalue weighted by molar-refractivity contribution is 5.25. The zero-order valence-electron chi connectivity index (χ0n) is 12.4. The van der Waals surface area contributed by atoms with Crippen molar-refractivity contribution in [3.63, 3.8) is 0 Å². The monoisotopic (exact) mass is 271 g/mol. The van der Waals surface area contributed by atoms with Crippen molar-refractivity contribution in [1.82, 2.24) is 5.32 Å². The lowest BCUT2D eigenvalue weighted by Crippen LogP contribution is -2.30. The number of aryl methyl sites for hydroxylation is 1. The highest BCUT2D eigenvalue weighted by Crippen LogP contribution is 2.17. The van der Waals surface area contributed by atoms with E-state index in [1.54, 1.807) is 13.0 Å². The van der Waals surface area contributed by atoms with Gasteiger partial charge in [0.05, 0.1) is 0 Å². The van der Waals surface area contributed by atoms with E-state index in [9.17, 15) is 4.39 Å². The Labute approximate surface area is 120 Å². The number of nitrogens with one attached hydrogen (secondary N) is 1. The van der Waals surface area contributed by atoms with Gasteiger partial charge in [0.1, 0.15) is 5.82 Å². The van der Waals surface area contributed by atoms with Crippen molar-refractivity contribution >= 4 is 0 Å². The van der Waals surface area contributed by atoms with Gasteiger partial charge in [-0.1, -0.05) is 42.5 Å². The van der Waals surface area contributed by atoms with Gasteiger partial charge in [-0.05, 0) is 49.9 Å². The molecule has 20 heavy (non-hydrogen) atoms. The van der Waals surface area contributed by atoms with Crippen LogP contribution in [-0.4, -0.2) is 6.04 Å². The van der Waals surface area contributed by atoms with Crippen LogP contribution in [-0.2, 0) is 6.42 Å². The molecule has 0 heterocycles. The molecule has 2 aromatic rings. The van der Waals surface area contributed by atoms with Crippen molar-refractivity contribution in [3.8, 4) is 0 Å². The van der Waals surface area contributed by atoms with Gasteiger partial charge in [-0.3, -0.25) is 0 Å². The lowest BCUT2D eigenvalue weighted by atomic mass is 10.0. The van der Waals surface area contributed by atoms with E-state index in [0.717, 1.165) is 12.0 Å². The fourth-order valence-electron chi connectivity index (χ4n) is 2.43. The van der Waals surface area contributed by atoms with Crippen molar-refractivity contribution in [3.05, 3.63) is 71.0 Å². The number of hydrogen-bond donors (Lipinski definition) is 1. The standard InChI is InChI=1S/C18H22FN/c1-13-9-10-17(12-18(13)19)15(3)20-14(2)11-16-7-5-4-6-8-16/h4-10,12,14-15,20H,11H2,1-3H3. The minimum absolute atomic E-state index is 0.133. The molecule has 0 bridgehead atoms. The molecule has 2 heteroatoms. The molecule has 0 aliphatic rings. The Balaban J connectivity index is 1.96. The second-order valence-electron chi connectivity index (χ2n) is 5.49. The van der Waals surface area contributed by atoms with Crippen molar-refractivity contribution in [2.45, 2.75) is 39.3 Å². The van der Waals surface area contributed by atoms with Gasteiger partial charge in [0.15, 0.2) is 0 Å². The second kappa shape index (κ2) is 6.67. The fraction of sp³-hybridized carbons (Fsp3) is 0.333. The smallest absolute Gasteiger partial charge is 0.126 e. The lowest BCUT2D eigenvalue weighted by Gasteiger charge is -2.21. The molecular weight excluding hydrogens is 249 g/mol. The van der Waals surface area contributed by atoms with Gasteiger partial charge in [0.25, 0.3) is 0 Å². The van der Waals surface area contributed by atoms with Crippen LogP contribution in [0, 0.1) is 12.7 Å². The Morgan fingerprint density at radius 1 is 1.05 bits per heavy atom. The molecule has 2 atom stereocenters. The van der Waals surface area contributed by atoms with Gasteiger partial charge in [0, 0.05) is 12.1 Å². The molecule has 1 nitrogen and oxygen atoms in total. The molecule has 0 aliphatic carbocycles. The Morgan fingerprint density at radius 3 is 2.40 bits per heavy atom. The van der Waals surface area contributed by atoms with Crippen LogP contribution in [0.25, 0.3) is 0 Å². The van der Waals surface area contributed by atoms with E-state index in [0.29, 0.717) is 11.6 Å². The summed E-state index contributed by atoms with van der Waals surface area (Å²) in [6.45, 7) is 6.02. The highest BCUT2D eigenvalue weighted by Gasteiger charge is 2.11. The minimum atomic E-state index is -0.133. The maximum absolute atomic E-state index is 13.6. The third-order valence-electron chi connectivity index (χ3n) is 3.62. The van der Waals surface area contributed by atoms with Gasteiger partial charge in [-0.25, -0.2) is 4.39 Å². The maximum atomic E-state index is 13.6. The summed E-state index contributed by atoms with van der Waals surface area (Å²) in [5.41, 5.74) is 3.00. The fourth-order valence-corrected chi connectivity index (χ4v) is 2.43. The van der Waals surface area contributed by atoms with E-state index in [1.807, 2.05) is 18.2 Å². The normalized spacial score (nSPS) is 14.0. The predicted octanol–water partition coefficient (Wildman–Crippen LogP) is 4.42. The lowest BCUT2D eigenvalue weighted by molar-refractivity contribution is 0.475. The van der Waals surface area contributed by atoms with Crippen molar-refractivity contribution in [1.29, 1.82) is 0 Å². The molecule has 0 saturated heterocycles. The Kier molecular flexibility index (Phi) is 4.91. The number of hydrogen-bond acceptors (Lipinski definition) is 1. The van der Waals surface area contributed by atoms with E-state index in [2.05, 4.69) is 43.4 Å². The third kappa shape index (κ3) is 3.91. The molecule has 1 N–H and O–H groups in total. The van der Waals surface area contributed by atoms with Crippen LogP contribution in [0.4, 0.5) is 4.39 Å². The molecule has 0 saturated carbocycles. The van der Waals surface area contributed by atoms with Crippen LogP contribution < -0.4 is 5.32 Å². The number of benzene rings is 2. The molecular formula is C18H22FN. The summed E-state index contributed by atoms with van der Waals surface area (Å²) in [6, 6.07) is 16.3. The molecule has 2 aromatic carbocycles. The SMILES string of the molecule is Cc1ccc(C(C)NC(C)Cc2ccccc2)cc1F. The molecule has 106 valence electrons. The van der Waals surface area contributed by atoms with Crippen LogP contribution in [0.1, 0.15) is 36.6 Å². The summed E-state index contributed by atoms with van der Waals surface area (Å²) in [5.74, 6) is -0.133. The second-order valence-corrected chi connectivity index (χ2v) is 5.49. The van der Waals surface area contributed by atoms with E-state index >= 15 is 0 Å². The van der Waals surface area contributed by atoms with E-state index in [4.69, 9.17) is 0 Å². The van der Waals surface area contributed by atoms with Crippen LogP contribution >= 0.6 is 0 Å². The van der Waals surface area contributed by atoms with Crippen LogP contribution in [0.15, 0.2) is 48.5 Å². The van der Waals surface area contributed by atoms with Crippen molar-refractivity contribution in [2.75, 3.05) is 0 Å². The van der Waals surface area contributed by atoms with E-state index < -0.39 is 0 Å². The largest absolute Gasteiger partial charge is 0.307 e. The molecule has 2 rings (SSSR count). The first-order chi connectivity index (χ1) is 9.56. The van der Waals surface area contributed by atoms with Gasteiger partial charge in [0.2, 0.25) is 0 Å². The zero-order chi connectivity index (χ0) is 14.5. The first kappa shape index (κ1) is 14.7. The summed E-state index contributed by atoms with van der Waals surface area (Å²) in [4.78, 5) is 0. The Hall–Kier alpha value is -1.67. The molecule has 0 spiro atoms. The number of halogens is 1. The maximum Gasteiger partial charge on any atom is 0.126 e.